The van der Waals surface area contributed by atoms with Crippen LogP contribution >= 0.6 is 0 Å². The van der Waals surface area contributed by atoms with Gasteiger partial charge in [-0.15, -0.1) is 0 Å². The highest BCUT2D eigenvalue weighted by Crippen LogP contribution is 2.32. The van der Waals surface area contributed by atoms with Crippen LogP contribution < -0.4 is 10.5 Å². The predicted octanol–water partition coefficient (Wildman–Crippen LogP) is 3.35. The molecule has 2 N–H and O–H groups in total. The van der Waals surface area contributed by atoms with Crippen molar-refractivity contribution in [2.75, 3.05) is 0 Å². The summed E-state index contributed by atoms with van der Waals surface area (Å²) >= 11 is 0. The van der Waals surface area contributed by atoms with E-state index in [1.807, 2.05) is 0 Å². The van der Waals surface area contributed by atoms with E-state index in [4.69, 9.17) is 10.5 Å². The number of benzene rings is 1. The molecule has 0 unspecified atom stereocenters. The van der Waals surface area contributed by atoms with E-state index in [1.165, 1.54) is 6.07 Å². The zero-order valence-corrected chi connectivity index (χ0v) is 9.91. The standard InChI is InChI=1S/C13H16F3NO/c14-13(15,16)9-2-1-3-12(8-9)18-11-6-4-10(17)5-7-11/h1-3,8,10-11H,4-7,17H2. The van der Waals surface area contributed by atoms with Crippen LogP contribution in [-0.4, -0.2) is 12.1 Å². The molecule has 0 saturated heterocycles. The zero-order valence-electron chi connectivity index (χ0n) is 9.91. The zero-order chi connectivity index (χ0) is 13.2. The molecule has 1 aromatic carbocycles. The molecule has 2 nitrogen and oxygen atoms in total. The van der Waals surface area contributed by atoms with Gasteiger partial charge < -0.3 is 10.5 Å². The summed E-state index contributed by atoms with van der Waals surface area (Å²) in [5.41, 5.74) is 5.09. The molecule has 2 rings (SSSR count). The molecule has 0 radical (unpaired) electrons. The summed E-state index contributed by atoms with van der Waals surface area (Å²) in [6.07, 6.45) is -1.01. The van der Waals surface area contributed by atoms with E-state index in [2.05, 4.69) is 0 Å². The first kappa shape index (κ1) is 13.2. The summed E-state index contributed by atoms with van der Waals surface area (Å²) in [7, 11) is 0. The van der Waals surface area contributed by atoms with Gasteiger partial charge in [-0.25, -0.2) is 0 Å². The monoisotopic (exact) mass is 259 g/mol. The fraction of sp³-hybridized carbons (Fsp3) is 0.538. The van der Waals surface area contributed by atoms with Gasteiger partial charge in [0.25, 0.3) is 0 Å². The Morgan fingerprint density at radius 1 is 1.11 bits per heavy atom. The van der Waals surface area contributed by atoms with Crippen molar-refractivity contribution in [1.82, 2.24) is 0 Å². The first-order valence-corrected chi connectivity index (χ1v) is 6.04. The van der Waals surface area contributed by atoms with Crippen LogP contribution in [0.1, 0.15) is 31.2 Å². The third kappa shape index (κ3) is 3.38. The number of alkyl halides is 3. The normalized spacial score (nSPS) is 24.9. The average molecular weight is 259 g/mol. The Labute approximate surface area is 104 Å². The van der Waals surface area contributed by atoms with E-state index in [0.29, 0.717) is 0 Å². The third-order valence-electron chi connectivity index (χ3n) is 3.18. The molecule has 5 heteroatoms. The summed E-state index contributed by atoms with van der Waals surface area (Å²) in [6, 6.07) is 5.22. The van der Waals surface area contributed by atoms with E-state index in [1.54, 1.807) is 6.07 Å². The summed E-state index contributed by atoms with van der Waals surface area (Å²) in [5, 5.41) is 0. The summed E-state index contributed by atoms with van der Waals surface area (Å²) in [6.45, 7) is 0. The van der Waals surface area contributed by atoms with Crippen LogP contribution in [0.2, 0.25) is 0 Å². The van der Waals surface area contributed by atoms with Gasteiger partial charge in [0, 0.05) is 6.04 Å². The quantitative estimate of drug-likeness (QED) is 0.884. The van der Waals surface area contributed by atoms with Crippen LogP contribution in [0.3, 0.4) is 0 Å². The fourth-order valence-corrected chi connectivity index (χ4v) is 2.14. The van der Waals surface area contributed by atoms with Crippen LogP contribution in [0.25, 0.3) is 0 Å². The Hall–Kier alpha value is -1.23. The topological polar surface area (TPSA) is 35.2 Å². The first-order valence-electron chi connectivity index (χ1n) is 6.04. The Kier molecular flexibility index (Phi) is 3.80. The van der Waals surface area contributed by atoms with Gasteiger partial charge in [-0.2, -0.15) is 13.2 Å². The first-order chi connectivity index (χ1) is 8.45. The maximum atomic E-state index is 12.5. The van der Waals surface area contributed by atoms with Gasteiger partial charge >= 0.3 is 6.18 Å². The van der Waals surface area contributed by atoms with Gasteiger partial charge in [0.1, 0.15) is 5.75 Å². The van der Waals surface area contributed by atoms with Gasteiger partial charge in [-0.05, 0) is 43.9 Å². The SMILES string of the molecule is NC1CCC(Oc2cccc(C(F)(F)F)c2)CC1. The van der Waals surface area contributed by atoms with Crippen LogP contribution in [-0.2, 0) is 6.18 Å². The van der Waals surface area contributed by atoms with E-state index >= 15 is 0 Å². The van der Waals surface area contributed by atoms with Crippen molar-refractivity contribution in [3.8, 4) is 5.75 Å². The Morgan fingerprint density at radius 2 is 1.78 bits per heavy atom. The molecule has 100 valence electrons. The lowest BCUT2D eigenvalue weighted by Crippen LogP contribution is -2.31. The molecule has 0 bridgehead atoms. The highest BCUT2D eigenvalue weighted by Gasteiger charge is 2.31. The van der Waals surface area contributed by atoms with Crippen LogP contribution in [0.15, 0.2) is 24.3 Å². The summed E-state index contributed by atoms with van der Waals surface area (Å²) < 4.78 is 43.2. The number of hydrogen-bond donors (Lipinski definition) is 1. The van der Waals surface area contributed by atoms with E-state index < -0.39 is 11.7 Å². The Balaban J connectivity index is 2.01. The van der Waals surface area contributed by atoms with Crippen molar-refractivity contribution in [1.29, 1.82) is 0 Å². The predicted molar refractivity (Wildman–Crippen MR) is 62.3 cm³/mol. The minimum atomic E-state index is -4.33. The summed E-state index contributed by atoms with van der Waals surface area (Å²) in [4.78, 5) is 0. The molecule has 0 amide bonds. The van der Waals surface area contributed by atoms with Crippen molar-refractivity contribution < 1.29 is 17.9 Å². The number of halogens is 3. The Morgan fingerprint density at radius 3 is 2.39 bits per heavy atom. The molecule has 1 fully saturated rings. The van der Waals surface area contributed by atoms with Crippen molar-refractivity contribution in [3.05, 3.63) is 29.8 Å². The highest BCUT2D eigenvalue weighted by molar-refractivity contribution is 5.30. The smallest absolute Gasteiger partial charge is 0.416 e. The van der Waals surface area contributed by atoms with Gasteiger partial charge in [0.2, 0.25) is 0 Å². The number of hydrogen-bond acceptors (Lipinski definition) is 2. The lowest BCUT2D eigenvalue weighted by Gasteiger charge is -2.27. The van der Waals surface area contributed by atoms with Crippen LogP contribution in [0.5, 0.6) is 5.75 Å². The van der Waals surface area contributed by atoms with Crippen molar-refractivity contribution in [2.24, 2.45) is 5.73 Å². The van der Waals surface area contributed by atoms with Gasteiger partial charge in [-0.1, -0.05) is 6.07 Å². The van der Waals surface area contributed by atoms with E-state index in [-0.39, 0.29) is 17.9 Å². The largest absolute Gasteiger partial charge is 0.490 e. The fourth-order valence-electron chi connectivity index (χ4n) is 2.14. The number of rotatable bonds is 2. The maximum absolute atomic E-state index is 12.5. The molecule has 0 heterocycles. The molecule has 0 atom stereocenters. The third-order valence-corrected chi connectivity index (χ3v) is 3.18. The van der Waals surface area contributed by atoms with Gasteiger partial charge in [0.05, 0.1) is 11.7 Å². The molecule has 1 aliphatic rings. The van der Waals surface area contributed by atoms with Gasteiger partial charge in [0.15, 0.2) is 0 Å². The van der Waals surface area contributed by atoms with E-state index in [9.17, 15) is 13.2 Å². The molecule has 1 saturated carbocycles. The molecule has 0 spiro atoms. The van der Waals surface area contributed by atoms with Crippen molar-refractivity contribution >= 4 is 0 Å². The number of ether oxygens (including phenoxy) is 1. The molecule has 1 aromatic rings. The molecule has 18 heavy (non-hydrogen) atoms. The van der Waals surface area contributed by atoms with Crippen molar-refractivity contribution in [3.63, 3.8) is 0 Å². The van der Waals surface area contributed by atoms with Gasteiger partial charge in [-0.3, -0.25) is 0 Å². The highest BCUT2D eigenvalue weighted by atomic mass is 19.4. The van der Waals surface area contributed by atoms with Crippen LogP contribution in [0.4, 0.5) is 13.2 Å². The van der Waals surface area contributed by atoms with Crippen LogP contribution in [0, 0.1) is 0 Å². The Bertz CT molecular complexity index is 397. The average Bonchev–Trinajstić information content (AvgIpc) is 2.31. The molecule has 1 aliphatic carbocycles. The second-order valence-corrected chi connectivity index (χ2v) is 4.68. The molecular formula is C13H16F3NO. The minimum absolute atomic E-state index is 0.0201. The van der Waals surface area contributed by atoms with E-state index in [0.717, 1.165) is 37.8 Å². The lowest BCUT2D eigenvalue weighted by molar-refractivity contribution is -0.137. The molecule has 0 aromatic heterocycles. The maximum Gasteiger partial charge on any atom is 0.416 e. The second-order valence-electron chi connectivity index (χ2n) is 4.68. The summed E-state index contributed by atoms with van der Waals surface area (Å²) in [5.74, 6) is 0.283. The molecule has 0 aliphatic heterocycles. The van der Waals surface area contributed by atoms with Crippen molar-refractivity contribution in [2.45, 2.75) is 44.0 Å². The molecular weight excluding hydrogens is 243 g/mol. The minimum Gasteiger partial charge on any atom is -0.490 e. The second kappa shape index (κ2) is 5.18. The number of nitrogens with two attached hydrogens (primary N) is 1. The lowest BCUT2D eigenvalue weighted by atomic mass is 9.94.